The molecule has 0 unspecified atom stereocenters. The van der Waals surface area contributed by atoms with E-state index in [9.17, 15) is 19.1 Å². The van der Waals surface area contributed by atoms with E-state index < -0.39 is 12.3 Å². The Bertz CT molecular complexity index is 751. The number of carbonyl (C=O) groups is 1. The number of amides is 1. The Balaban J connectivity index is 1.70. The molecule has 1 aliphatic heterocycles. The Morgan fingerprint density at radius 3 is 2.91 bits per heavy atom. The molecule has 6 nitrogen and oxygen atoms in total. The van der Waals surface area contributed by atoms with Gasteiger partial charge in [-0.05, 0) is 12.1 Å². The van der Waals surface area contributed by atoms with Gasteiger partial charge in [-0.3, -0.25) is 9.59 Å². The molecule has 2 heterocycles. The largest absolute Gasteiger partial charge is 0.388 e. The molecule has 0 radical (unpaired) electrons. The number of hydrogen-bond acceptors (Lipinski definition) is 4. The second-order valence-electron chi connectivity index (χ2n) is 5.41. The zero-order valence-electron chi connectivity index (χ0n) is 11.8. The molecule has 116 valence electrons. The molecule has 2 N–H and O–H groups in total. The molecule has 0 bridgehead atoms. The van der Waals surface area contributed by atoms with Crippen LogP contribution in [0.2, 0.25) is 0 Å². The Morgan fingerprint density at radius 2 is 2.18 bits per heavy atom. The number of aromatic nitrogens is 2. The summed E-state index contributed by atoms with van der Waals surface area (Å²) in [5.41, 5.74) is 1.26. The van der Waals surface area contributed by atoms with Crippen LogP contribution in [0, 0.1) is 0 Å². The molecule has 1 aromatic carbocycles. The van der Waals surface area contributed by atoms with Crippen molar-refractivity contribution in [2.24, 2.45) is 0 Å². The monoisotopic (exact) mass is 305 g/mol. The maximum absolute atomic E-state index is 13.2. The molecule has 1 saturated heterocycles. The van der Waals surface area contributed by atoms with Crippen LogP contribution in [-0.2, 0) is 11.2 Å². The number of nitrogens with one attached hydrogen (secondary N) is 1. The van der Waals surface area contributed by atoms with Gasteiger partial charge in [-0.15, -0.1) is 0 Å². The SMILES string of the molecule is O=C(CCc1nc2ccccc2[nH]c1=O)N1C[C@@H](O)[C@H](F)C1. The zero-order chi connectivity index (χ0) is 15.7. The minimum absolute atomic E-state index is 0.00149. The molecule has 0 aliphatic carbocycles. The number of β-amino-alcohol motifs (C(OH)–C–C–N with tert-alkyl or cyclic N) is 1. The number of likely N-dealkylation sites (tertiary alicyclic amines) is 1. The summed E-state index contributed by atoms with van der Waals surface area (Å²) in [6.07, 6.45) is -2.27. The number of rotatable bonds is 3. The smallest absolute Gasteiger partial charge is 0.270 e. The minimum atomic E-state index is -1.40. The highest BCUT2D eigenvalue weighted by Gasteiger charge is 2.33. The molecule has 2 aromatic rings. The first-order valence-corrected chi connectivity index (χ1v) is 7.12. The molecule has 1 fully saturated rings. The number of fused-ring (bicyclic) bond motifs is 1. The normalized spacial score (nSPS) is 21.5. The summed E-state index contributed by atoms with van der Waals surface area (Å²) < 4.78 is 13.2. The lowest BCUT2D eigenvalue weighted by Gasteiger charge is -2.14. The first kappa shape index (κ1) is 14.6. The predicted molar refractivity (Wildman–Crippen MR) is 78.2 cm³/mol. The number of hydrogen-bond donors (Lipinski definition) is 2. The number of aliphatic hydroxyl groups is 1. The number of carbonyl (C=O) groups excluding carboxylic acids is 1. The van der Waals surface area contributed by atoms with Crippen molar-refractivity contribution in [1.29, 1.82) is 0 Å². The van der Waals surface area contributed by atoms with Crippen LogP contribution in [0.15, 0.2) is 29.1 Å². The molecule has 1 aromatic heterocycles. The fourth-order valence-electron chi connectivity index (χ4n) is 2.57. The lowest BCUT2D eigenvalue weighted by Crippen LogP contribution is -2.30. The summed E-state index contributed by atoms with van der Waals surface area (Å²) >= 11 is 0. The summed E-state index contributed by atoms with van der Waals surface area (Å²) in [5, 5.41) is 9.33. The molecule has 2 atom stereocenters. The highest BCUT2D eigenvalue weighted by Crippen LogP contribution is 2.15. The lowest BCUT2D eigenvalue weighted by molar-refractivity contribution is -0.130. The van der Waals surface area contributed by atoms with E-state index in [0.717, 1.165) is 0 Å². The van der Waals surface area contributed by atoms with Crippen LogP contribution in [-0.4, -0.2) is 51.2 Å². The second kappa shape index (κ2) is 5.84. The lowest BCUT2D eigenvalue weighted by atomic mass is 10.2. The number of aromatic amines is 1. The average molecular weight is 305 g/mol. The van der Waals surface area contributed by atoms with E-state index in [1.807, 2.05) is 6.07 Å². The molecule has 0 spiro atoms. The summed E-state index contributed by atoms with van der Waals surface area (Å²) in [4.78, 5) is 32.2. The van der Waals surface area contributed by atoms with Gasteiger partial charge in [0.15, 0.2) is 0 Å². The van der Waals surface area contributed by atoms with E-state index in [-0.39, 0.29) is 43.1 Å². The van der Waals surface area contributed by atoms with Crippen LogP contribution >= 0.6 is 0 Å². The summed E-state index contributed by atoms with van der Waals surface area (Å²) in [6.45, 7) is -0.0942. The Kier molecular flexibility index (Phi) is 3.89. The van der Waals surface area contributed by atoms with E-state index in [4.69, 9.17) is 0 Å². The van der Waals surface area contributed by atoms with Crippen LogP contribution in [0.5, 0.6) is 0 Å². The number of H-pyrrole nitrogens is 1. The standard InChI is InChI=1S/C15H16FN3O3/c16-9-7-19(8-13(9)20)14(21)6-5-12-15(22)18-11-4-2-1-3-10(11)17-12/h1-4,9,13,20H,5-8H2,(H,18,22)/t9-,13-/m1/s1. The van der Waals surface area contributed by atoms with Gasteiger partial charge in [-0.1, -0.05) is 12.1 Å². The fraction of sp³-hybridized carbons (Fsp3) is 0.400. The van der Waals surface area contributed by atoms with E-state index in [0.29, 0.717) is 11.0 Å². The van der Waals surface area contributed by atoms with Gasteiger partial charge in [-0.25, -0.2) is 9.37 Å². The predicted octanol–water partition coefficient (Wildman–Crippen LogP) is 0.397. The second-order valence-corrected chi connectivity index (χ2v) is 5.41. The third kappa shape index (κ3) is 2.85. The number of halogens is 1. The van der Waals surface area contributed by atoms with E-state index in [1.165, 1.54) is 4.90 Å². The van der Waals surface area contributed by atoms with Gasteiger partial charge in [0.2, 0.25) is 5.91 Å². The van der Waals surface area contributed by atoms with Crippen LogP contribution in [0.3, 0.4) is 0 Å². The van der Waals surface area contributed by atoms with Crippen LogP contribution in [0.1, 0.15) is 12.1 Å². The third-order valence-electron chi connectivity index (χ3n) is 3.82. The van der Waals surface area contributed by atoms with Gasteiger partial charge in [-0.2, -0.15) is 0 Å². The minimum Gasteiger partial charge on any atom is -0.388 e. The zero-order valence-corrected chi connectivity index (χ0v) is 11.8. The summed E-state index contributed by atoms with van der Waals surface area (Å²) in [5.74, 6) is -0.284. The molecule has 22 heavy (non-hydrogen) atoms. The third-order valence-corrected chi connectivity index (χ3v) is 3.82. The molecule has 1 amide bonds. The molecule has 1 aliphatic rings. The molecule has 7 heteroatoms. The number of aryl methyl sites for hydroxylation is 1. The van der Waals surface area contributed by atoms with Crippen molar-refractivity contribution in [2.75, 3.05) is 13.1 Å². The van der Waals surface area contributed by atoms with Crippen LogP contribution in [0.25, 0.3) is 11.0 Å². The van der Waals surface area contributed by atoms with Crippen molar-refractivity contribution in [2.45, 2.75) is 25.1 Å². The van der Waals surface area contributed by atoms with Gasteiger partial charge >= 0.3 is 0 Å². The van der Waals surface area contributed by atoms with Crippen molar-refractivity contribution < 1.29 is 14.3 Å². The first-order chi connectivity index (χ1) is 10.5. The maximum atomic E-state index is 13.2. The van der Waals surface area contributed by atoms with Crippen LogP contribution in [0.4, 0.5) is 4.39 Å². The Morgan fingerprint density at radius 1 is 1.41 bits per heavy atom. The molecule has 3 rings (SSSR count). The first-order valence-electron chi connectivity index (χ1n) is 7.12. The number of alkyl halides is 1. The van der Waals surface area contributed by atoms with Gasteiger partial charge in [0.1, 0.15) is 18.0 Å². The number of nitrogens with zero attached hydrogens (tertiary/aromatic N) is 2. The molecular formula is C15H16FN3O3. The van der Waals surface area contributed by atoms with Gasteiger partial charge in [0, 0.05) is 19.4 Å². The molecular weight excluding hydrogens is 289 g/mol. The average Bonchev–Trinajstić information content (AvgIpc) is 2.84. The summed E-state index contributed by atoms with van der Waals surface area (Å²) in [7, 11) is 0. The topological polar surface area (TPSA) is 86.3 Å². The van der Waals surface area contributed by atoms with Gasteiger partial charge in [0.25, 0.3) is 5.56 Å². The molecule has 0 saturated carbocycles. The maximum Gasteiger partial charge on any atom is 0.270 e. The number of benzene rings is 1. The van der Waals surface area contributed by atoms with E-state index in [2.05, 4.69) is 9.97 Å². The number of para-hydroxylation sites is 2. The number of aliphatic hydroxyl groups excluding tert-OH is 1. The highest BCUT2D eigenvalue weighted by molar-refractivity contribution is 5.77. The summed E-state index contributed by atoms with van der Waals surface area (Å²) in [6, 6.07) is 7.15. The van der Waals surface area contributed by atoms with E-state index >= 15 is 0 Å². The van der Waals surface area contributed by atoms with E-state index in [1.54, 1.807) is 18.2 Å². The van der Waals surface area contributed by atoms with Crippen molar-refractivity contribution in [1.82, 2.24) is 14.9 Å². The van der Waals surface area contributed by atoms with Gasteiger partial charge in [0.05, 0.1) is 17.6 Å². The Labute approximate surface area is 125 Å². The van der Waals surface area contributed by atoms with Gasteiger partial charge < -0.3 is 15.0 Å². The van der Waals surface area contributed by atoms with Crippen molar-refractivity contribution in [3.63, 3.8) is 0 Å². The van der Waals surface area contributed by atoms with Crippen molar-refractivity contribution in [3.05, 3.63) is 40.3 Å². The quantitative estimate of drug-likeness (QED) is 0.859. The fourth-order valence-corrected chi connectivity index (χ4v) is 2.57. The van der Waals surface area contributed by atoms with Crippen molar-refractivity contribution >= 4 is 16.9 Å². The Hall–Kier alpha value is -2.28. The van der Waals surface area contributed by atoms with Crippen molar-refractivity contribution in [3.8, 4) is 0 Å². The highest BCUT2D eigenvalue weighted by atomic mass is 19.1. The van der Waals surface area contributed by atoms with Crippen LogP contribution < -0.4 is 5.56 Å².